The Hall–Kier alpha value is -3.55. The maximum absolute atomic E-state index is 13.7. The van der Waals surface area contributed by atoms with Gasteiger partial charge in [0.15, 0.2) is 0 Å². The lowest BCUT2D eigenvalue weighted by Gasteiger charge is -2.27. The van der Waals surface area contributed by atoms with E-state index in [4.69, 9.17) is 11.5 Å². The molecule has 1 fully saturated rings. The quantitative estimate of drug-likeness (QED) is 0.0874. The van der Waals surface area contributed by atoms with E-state index in [1.807, 2.05) is 44.2 Å². The molecule has 1 aliphatic rings. The van der Waals surface area contributed by atoms with Crippen molar-refractivity contribution < 1.29 is 29.1 Å². The van der Waals surface area contributed by atoms with Gasteiger partial charge in [-0.15, -0.1) is 0 Å². The highest BCUT2D eigenvalue weighted by molar-refractivity contribution is 5.95. The average molecular weight is 632 g/mol. The molecule has 0 saturated carbocycles. The summed E-state index contributed by atoms with van der Waals surface area (Å²) in [4.78, 5) is 65.4. The van der Waals surface area contributed by atoms with Crippen LogP contribution in [0.25, 0.3) is 0 Å². The molecule has 2 rings (SSSR count). The molecule has 10 N–H and O–H groups in total. The van der Waals surface area contributed by atoms with E-state index in [1.54, 1.807) is 0 Å². The number of carbonyl (C=O) groups is 5. The van der Waals surface area contributed by atoms with E-state index in [-0.39, 0.29) is 43.6 Å². The van der Waals surface area contributed by atoms with Crippen molar-refractivity contribution in [1.82, 2.24) is 26.6 Å². The van der Waals surface area contributed by atoms with Crippen molar-refractivity contribution in [3.63, 3.8) is 0 Å². The minimum atomic E-state index is -1.17. The van der Waals surface area contributed by atoms with Crippen molar-refractivity contribution in [3.8, 4) is 0 Å². The molecule has 1 heterocycles. The Morgan fingerprint density at radius 1 is 0.800 bits per heavy atom. The maximum atomic E-state index is 13.7. The number of nitrogens with two attached hydrogens (primary N) is 2. The number of amides is 4. The summed E-state index contributed by atoms with van der Waals surface area (Å²) in [6, 6.07) is 4.82. The second-order valence-corrected chi connectivity index (χ2v) is 12.1. The van der Waals surface area contributed by atoms with Crippen LogP contribution in [0.15, 0.2) is 30.3 Å². The number of hydrogen-bond acceptors (Lipinski definition) is 8. The number of carboxylic acids is 1. The minimum Gasteiger partial charge on any atom is -0.480 e. The van der Waals surface area contributed by atoms with Crippen LogP contribution in [-0.2, 0) is 30.4 Å². The Bertz CT molecular complexity index is 1080. The van der Waals surface area contributed by atoms with E-state index < -0.39 is 47.9 Å². The van der Waals surface area contributed by atoms with E-state index in [1.165, 1.54) is 0 Å². The topological polar surface area (TPSA) is 218 Å². The Kier molecular flexibility index (Phi) is 17.1. The fraction of sp³-hybridized carbons (Fsp3) is 0.656. The van der Waals surface area contributed by atoms with Gasteiger partial charge < -0.3 is 43.2 Å². The first-order chi connectivity index (χ1) is 21.5. The molecule has 1 aromatic carbocycles. The smallest absolute Gasteiger partial charge is 0.326 e. The number of rotatable bonds is 21. The molecular weight excluding hydrogens is 578 g/mol. The highest BCUT2D eigenvalue weighted by atomic mass is 16.4. The predicted octanol–water partition coefficient (Wildman–Crippen LogP) is 0.309. The Labute approximate surface area is 266 Å². The van der Waals surface area contributed by atoms with Crippen molar-refractivity contribution in [2.75, 3.05) is 19.6 Å². The lowest BCUT2D eigenvalue weighted by Crippen LogP contribution is -2.59. The Balaban J connectivity index is 2.21. The SMILES string of the molecule is CC(C)C[C@H](NC(=O)[C@H](Cc1ccccc1)NC(=O)[C@@H]1CCCN1)C(=O)N[C@@H](CCCCN)C(=O)N[C@@H](CCCCN)C(=O)O. The standard InChI is InChI=1S/C32H53N7O6/c1-21(2)19-26(30(42)36-24(13-6-8-16-33)29(41)37-25(32(44)45)14-7-9-17-34)38-31(43)27(20-22-11-4-3-5-12-22)39-28(40)23-15-10-18-35-23/h3-5,11-12,21,23-27,35H,6-10,13-20,33-34H2,1-2H3,(H,36,42)(H,37,41)(H,38,43)(H,39,40)(H,44,45)/t23-,24-,25-,26-,27-/m0/s1. The predicted molar refractivity (Wildman–Crippen MR) is 172 cm³/mol. The summed E-state index contributed by atoms with van der Waals surface area (Å²) in [6.07, 6.45) is 4.79. The number of benzene rings is 1. The van der Waals surface area contributed by atoms with Gasteiger partial charge in [-0.05, 0) is 88.9 Å². The summed E-state index contributed by atoms with van der Waals surface area (Å²) < 4.78 is 0. The summed E-state index contributed by atoms with van der Waals surface area (Å²) in [7, 11) is 0. The molecule has 45 heavy (non-hydrogen) atoms. The zero-order valence-corrected chi connectivity index (χ0v) is 26.7. The van der Waals surface area contributed by atoms with Crippen LogP contribution in [0.3, 0.4) is 0 Å². The number of nitrogens with one attached hydrogen (secondary N) is 5. The third-order valence-electron chi connectivity index (χ3n) is 7.77. The normalized spacial score (nSPS) is 17.1. The largest absolute Gasteiger partial charge is 0.480 e. The summed E-state index contributed by atoms with van der Waals surface area (Å²) >= 11 is 0. The van der Waals surface area contributed by atoms with Crippen LogP contribution in [0, 0.1) is 5.92 Å². The molecule has 0 radical (unpaired) electrons. The van der Waals surface area contributed by atoms with E-state index in [0.717, 1.165) is 18.5 Å². The molecule has 252 valence electrons. The van der Waals surface area contributed by atoms with Gasteiger partial charge in [-0.2, -0.15) is 0 Å². The first kappa shape index (κ1) is 37.6. The third-order valence-corrected chi connectivity index (χ3v) is 7.77. The lowest BCUT2D eigenvalue weighted by atomic mass is 10.00. The lowest BCUT2D eigenvalue weighted by molar-refractivity contribution is -0.142. The number of hydrogen-bond donors (Lipinski definition) is 8. The molecule has 0 spiro atoms. The van der Waals surface area contributed by atoms with Crippen LogP contribution in [0.1, 0.15) is 77.2 Å². The zero-order valence-electron chi connectivity index (χ0n) is 26.7. The summed E-state index contributed by atoms with van der Waals surface area (Å²) in [5.74, 6) is -3.13. The number of carboxylic acid groups (broad SMARTS) is 1. The number of carbonyl (C=O) groups excluding carboxylic acids is 4. The first-order valence-corrected chi connectivity index (χ1v) is 16.2. The molecule has 1 aromatic rings. The molecule has 0 bridgehead atoms. The third kappa shape index (κ3) is 14.0. The van der Waals surface area contributed by atoms with Gasteiger partial charge in [-0.3, -0.25) is 19.2 Å². The second kappa shape index (κ2) is 20.5. The molecule has 0 aliphatic carbocycles. The monoisotopic (exact) mass is 631 g/mol. The molecule has 5 atom stereocenters. The molecule has 0 aromatic heterocycles. The molecule has 13 nitrogen and oxygen atoms in total. The fourth-order valence-corrected chi connectivity index (χ4v) is 5.27. The van der Waals surface area contributed by atoms with Gasteiger partial charge in [0, 0.05) is 6.42 Å². The molecular formula is C32H53N7O6. The van der Waals surface area contributed by atoms with Crippen molar-refractivity contribution in [2.45, 2.75) is 108 Å². The van der Waals surface area contributed by atoms with E-state index >= 15 is 0 Å². The number of unbranched alkanes of at least 4 members (excludes halogenated alkanes) is 2. The van der Waals surface area contributed by atoms with Crippen LogP contribution >= 0.6 is 0 Å². The van der Waals surface area contributed by atoms with E-state index in [0.29, 0.717) is 45.2 Å². The molecule has 0 unspecified atom stereocenters. The van der Waals surface area contributed by atoms with Gasteiger partial charge >= 0.3 is 5.97 Å². The van der Waals surface area contributed by atoms with Gasteiger partial charge in [0.05, 0.1) is 6.04 Å². The van der Waals surface area contributed by atoms with Gasteiger partial charge in [0.2, 0.25) is 23.6 Å². The summed E-state index contributed by atoms with van der Waals surface area (Å²) in [5.41, 5.74) is 12.0. The summed E-state index contributed by atoms with van der Waals surface area (Å²) in [5, 5.41) is 23.8. The van der Waals surface area contributed by atoms with Crippen LogP contribution < -0.4 is 38.1 Å². The summed E-state index contributed by atoms with van der Waals surface area (Å²) in [6.45, 7) is 5.35. The van der Waals surface area contributed by atoms with Gasteiger partial charge in [-0.25, -0.2) is 4.79 Å². The van der Waals surface area contributed by atoms with Gasteiger partial charge in [0.1, 0.15) is 24.2 Å². The van der Waals surface area contributed by atoms with Crippen LogP contribution in [0.4, 0.5) is 0 Å². The Morgan fingerprint density at radius 3 is 1.91 bits per heavy atom. The first-order valence-electron chi connectivity index (χ1n) is 16.2. The molecule has 1 saturated heterocycles. The molecule has 13 heteroatoms. The van der Waals surface area contributed by atoms with Crippen LogP contribution in [-0.4, -0.2) is 84.5 Å². The van der Waals surface area contributed by atoms with Crippen molar-refractivity contribution in [2.24, 2.45) is 17.4 Å². The van der Waals surface area contributed by atoms with Crippen LogP contribution in [0.5, 0.6) is 0 Å². The van der Waals surface area contributed by atoms with Crippen molar-refractivity contribution in [1.29, 1.82) is 0 Å². The van der Waals surface area contributed by atoms with Crippen molar-refractivity contribution >= 4 is 29.6 Å². The highest BCUT2D eigenvalue weighted by Crippen LogP contribution is 2.12. The van der Waals surface area contributed by atoms with Gasteiger partial charge in [0.25, 0.3) is 0 Å². The second-order valence-electron chi connectivity index (χ2n) is 12.1. The average Bonchev–Trinajstić information content (AvgIpc) is 3.55. The van der Waals surface area contributed by atoms with E-state index in [9.17, 15) is 29.1 Å². The molecule has 4 amide bonds. The van der Waals surface area contributed by atoms with Gasteiger partial charge in [-0.1, -0.05) is 44.2 Å². The van der Waals surface area contributed by atoms with E-state index in [2.05, 4.69) is 26.6 Å². The zero-order chi connectivity index (χ0) is 33.2. The fourth-order valence-electron chi connectivity index (χ4n) is 5.27. The van der Waals surface area contributed by atoms with Crippen LogP contribution in [0.2, 0.25) is 0 Å². The Morgan fingerprint density at radius 2 is 1.36 bits per heavy atom. The highest BCUT2D eigenvalue weighted by Gasteiger charge is 2.33. The minimum absolute atomic E-state index is 0.00866. The van der Waals surface area contributed by atoms with Crippen molar-refractivity contribution in [3.05, 3.63) is 35.9 Å². The molecule has 1 aliphatic heterocycles. The maximum Gasteiger partial charge on any atom is 0.326 e. The number of aliphatic carboxylic acids is 1.